The van der Waals surface area contributed by atoms with E-state index in [2.05, 4.69) is 20.5 Å². The number of pyridine rings is 1. The highest BCUT2D eigenvalue weighted by atomic mass is 16.1. The molecule has 0 aliphatic heterocycles. The van der Waals surface area contributed by atoms with E-state index in [9.17, 15) is 4.79 Å². The van der Waals surface area contributed by atoms with Crippen LogP contribution in [0.2, 0.25) is 0 Å². The molecule has 2 heterocycles. The third-order valence-corrected chi connectivity index (χ3v) is 1.66. The van der Waals surface area contributed by atoms with Crippen LogP contribution in [-0.2, 0) is 4.79 Å². The van der Waals surface area contributed by atoms with Crippen molar-refractivity contribution in [3.05, 3.63) is 18.5 Å². The second kappa shape index (κ2) is 2.85. The standard InChI is InChI=1S/C8H8N4O/c1-5(13)11-8-7-6(2-3-9-8)4-10-12-7/h2-4H,1H3,(H,10,12)(H,9,11,13). The van der Waals surface area contributed by atoms with Gasteiger partial charge in [0.25, 0.3) is 0 Å². The largest absolute Gasteiger partial charge is 0.309 e. The summed E-state index contributed by atoms with van der Waals surface area (Å²) in [6.07, 6.45) is 3.31. The minimum absolute atomic E-state index is 0.144. The Labute approximate surface area is 74.2 Å². The number of carbonyl (C=O) groups excluding carboxylic acids is 1. The quantitative estimate of drug-likeness (QED) is 0.678. The number of aromatic nitrogens is 3. The fourth-order valence-corrected chi connectivity index (χ4v) is 1.13. The molecule has 0 aliphatic carbocycles. The summed E-state index contributed by atoms with van der Waals surface area (Å²) in [5.74, 6) is 0.372. The first-order chi connectivity index (χ1) is 6.27. The number of nitrogens with one attached hydrogen (secondary N) is 2. The van der Waals surface area contributed by atoms with Gasteiger partial charge in [-0.2, -0.15) is 5.10 Å². The molecule has 66 valence electrons. The summed E-state index contributed by atoms with van der Waals surface area (Å²) in [5.41, 5.74) is 0.748. The van der Waals surface area contributed by atoms with Gasteiger partial charge in [-0.15, -0.1) is 0 Å². The molecule has 0 spiro atoms. The molecular formula is C8H8N4O. The van der Waals surface area contributed by atoms with Crippen LogP contribution in [0.1, 0.15) is 6.92 Å². The Hall–Kier alpha value is -1.91. The lowest BCUT2D eigenvalue weighted by molar-refractivity contribution is -0.114. The predicted octanol–water partition coefficient (Wildman–Crippen LogP) is 0.916. The zero-order valence-corrected chi connectivity index (χ0v) is 7.03. The number of rotatable bonds is 1. The molecular weight excluding hydrogens is 168 g/mol. The van der Waals surface area contributed by atoms with Crippen LogP contribution < -0.4 is 5.32 Å². The van der Waals surface area contributed by atoms with E-state index in [0.29, 0.717) is 5.82 Å². The predicted molar refractivity (Wildman–Crippen MR) is 48.2 cm³/mol. The van der Waals surface area contributed by atoms with Crippen LogP contribution in [-0.4, -0.2) is 21.1 Å². The lowest BCUT2D eigenvalue weighted by atomic mass is 10.3. The summed E-state index contributed by atoms with van der Waals surface area (Å²) in [6, 6.07) is 1.82. The molecule has 2 aromatic heterocycles. The van der Waals surface area contributed by atoms with Crippen LogP contribution in [0.3, 0.4) is 0 Å². The van der Waals surface area contributed by atoms with Crippen LogP contribution in [0.5, 0.6) is 0 Å². The van der Waals surface area contributed by atoms with Gasteiger partial charge < -0.3 is 5.32 Å². The van der Waals surface area contributed by atoms with Gasteiger partial charge in [-0.3, -0.25) is 9.89 Å². The van der Waals surface area contributed by atoms with Crippen molar-refractivity contribution >= 4 is 22.6 Å². The monoisotopic (exact) mass is 176 g/mol. The van der Waals surface area contributed by atoms with Gasteiger partial charge in [0.05, 0.1) is 6.20 Å². The zero-order chi connectivity index (χ0) is 9.26. The fraction of sp³-hybridized carbons (Fsp3) is 0.125. The average molecular weight is 176 g/mol. The molecule has 0 aromatic carbocycles. The van der Waals surface area contributed by atoms with E-state index in [1.165, 1.54) is 6.92 Å². The SMILES string of the molecule is CC(=O)Nc1nccc2cn[nH]c12. The minimum Gasteiger partial charge on any atom is -0.309 e. The van der Waals surface area contributed by atoms with Gasteiger partial charge in [0.1, 0.15) is 5.52 Å². The van der Waals surface area contributed by atoms with Crippen molar-refractivity contribution in [1.82, 2.24) is 15.2 Å². The van der Waals surface area contributed by atoms with E-state index >= 15 is 0 Å². The Bertz CT molecular complexity index is 448. The second-order valence-corrected chi connectivity index (χ2v) is 2.67. The molecule has 0 aliphatic rings. The second-order valence-electron chi connectivity index (χ2n) is 2.67. The normalized spacial score (nSPS) is 10.2. The van der Waals surface area contributed by atoms with Gasteiger partial charge in [0, 0.05) is 18.5 Å². The van der Waals surface area contributed by atoms with Crippen molar-refractivity contribution in [2.24, 2.45) is 0 Å². The summed E-state index contributed by atoms with van der Waals surface area (Å²) in [5, 5.41) is 10.2. The average Bonchev–Trinajstić information content (AvgIpc) is 2.51. The van der Waals surface area contributed by atoms with E-state index in [0.717, 1.165) is 10.9 Å². The Morgan fingerprint density at radius 2 is 2.46 bits per heavy atom. The number of hydrogen-bond donors (Lipinski definition) is 2. The number of amides is 1. The van der Waals surface area contributed by atoms with Crippen LogP contribution in [0.15, 0.2) is 18.5 Å². The molecule has 2 N–H and O–H groups in total. The fourth-order valence-electron chi connectivity index (χ4n) is 1.13. The van der Waals surface area contributed by atoms with E-state index in [1.54, 1.807) is 12.4 Å². The molecule has 2 rings (SSSR count). The van der Waals surface area contributed by atoms with Gasteiger partial charge in [0.2, 0.25) is 5.91 Å². The van der Waals surface area contributed by atoms with E-state index < -0.39 is 0 Å². The Balaban J connectivity index is 2.54. The number of hydrogen-bond acceptors (Lipinski definition) is 3. The van der Waals surface area contributed by atoms with Crippen LogP contribution >= 0.6 is 0 Å². The molecule has 0 atom stereocenters. The Morgan fingerprint density at radius 3 is 3.23 bits per heavy atom. The highest BCUT2D eigenvalue weighted by Crippen LogP contribution is 2.16. The minimum atomic E-state index is -0.144. The maximum Gasteiger partial charge on any atom is 0.222 e. The van der Waals surface area contributed by atoms with Crippen molar-refractivity contribution in [3.63, 3.8) is 0 Å². The third kappa shape index (κ3) is 1.35. The van der Waals surface area contributed by atoms with Gasteiger partial charge in [-0.1, -0.05) is 0 Å². The molecule has 0 saturated carbocycles. The lowest BCUT2D eigenvalue weighted by Crippen LogP contribution is -2.07. The molecule has 1 amide bonds. The molecule has 0 fully saturated rings. The van der Waals surface area contributed by atoms with Crippen LogP contribution in [0.4, 0.5) is 5.82 Å². The molecule has 2 aromatic rings. The summed E-state index contributed by atoms with van der Waals surface area (Å²) in [6.45, 7) is 1.44. The first kappa shape index (κ1) is 7.72. The Kier molecular flexibility index (Phi) is 1.70. The molecule has 0 bridgehead atoms. The Morgan fingerprint density at radius 1 is 1.62 bits per heavy atom. The zero-order valence-electron chi connectivity index (χ0n) is 7.03. The summed E-state index contributed by atoms with van der Waals surface area (Å²) in [7, 11) is 0. The number of fused-ring (bicyclic) bond motifs is 1. The third-order valence-electron chi connectivity index (χ3n) is 1.66. The van der Waals surface area contributed by atoms with E-state index in [1.807, 2.05) is 6.07 Å². The van der Waals surface area contributed by atoms with Crippen LogP contribution in [0.25, 0.3) is 10.9 Å². The number of H-pyrrole nitrogens is 1. The van der Waals surface area contributed by atoms with Gasteiger partial charge >= 0.3 is 0 Å². The highest BCUT2D eigenvalue weighted by Gasteiger charge is 2.04. The van der Waals surface area contributed by atoms with Crippen molar-refractivity contribution in [2.45, 2.75) is 6.92 Å². The molecule has 0 saturated heterocycles. The lowest BCUT2D eigenvalue weighted by Gasteiger charge is -2.00. The van der Waals surface area contributed by atoms with Crippen LogP contribution in [0, 0.1) is 0 Å². The first-order valence-electron chi connectivity index (χ1n) is 3.83. The smallest absolute Gasteiger partial charge is 0.222 e. The molecule has 0 unspecified atom stereocenters. The van der Waals surface area contributed by atoms with Crippen molar-refractivity contribution in [1.29, 1.82) is 0 Å². The maximum absolute atomic E-state index is 10.8. The summed E-state index contributed by atoms with van der Waals surface area (Å²) < 4.78 is 0. The highest BCUT2D eigenvalue weighted by molar-refractivity contribution is 5.97. The number of anilines is 1. The molecule has 5 nitrogen and oxygen atoms in total. The number of carbonyl (C=O) groups is 1. The molecule has 5 heteroatoms. The van der Waals surface area contributed by atoms with E-state index in [4.69, 9.17) is 0 Å². The maximum atomic E-state index is 10.8. The number of nitrogens with zero attached hydrogens (tertiary/aromatic N) is 2. The topological polar surface area (TPSA) is 70.7 Å². The molecule has 0 radical (unpaired) electrons. The van der Waals surface area contributed by atoms with Gasteiger partial charge in [0.15, 0.2) is 5.82 Å². The van der Waals surface area contributed by atoms with Crippen molar-refractivity contribution < 1.29 is 4.79 Å². The van der Waals surface area contributed by atoms with E-state index in [-0.39, 0.29) is 5.91 Å². The summed E-state index contributed by atoms with van der Waals surface area (Å²) in [4.78, 5) is 14.8. The summed E-state index contributed by atoms with van der Waals surface area (Å²) >= 11 is 0. The first-order valence-corrected chi connectivity index (χ1v) is 3.83. The number of aromatic amines is 1. The van der Waals surface area contributed by atoms with Gasteiger partial charge in [-0.05, 0) is 6.07 Å². The van der Waals surface area contributed by atoms with Crippen molar-refractivity contribution in [2.75, 3.05) is 5.32 Å². The molecule has 13 heavy (non-hydrogen) atoms. The van der Waals surface area contributed by atoms with Crippen molar-refractivity contribution in [3.8, 4) is 0 Å². The van der Waals surface area contributed by atoms with Gasteiger partial charge in [-0.25, -0.2) is 4.98 Å².